The molecule has 2 nitrogen and oxygen atoms in total. The Labute approximate surface area is 121 Å². The summed E-state index contributed by atoms with van der Waals surface area (Å²) in [7, 11) is 1.86. The molecule has 4 heteroatoms. The summed E-state index contributed by atoms with van der Waals surface area (Å²) in [5, 5.41) is 0.621. The Morgan fingerprint density at radius 2 is 2.11 bits per heavy atom. The van der Waals surface area contributed by atoms with Crippen LogP contribution in [0.25, 0.3) is 0 Å². The monoisotopic (exact) mass is 329 g/mol. The smallest absolute Gasteiger partial charge is 0.253 e. The molecule has 0 spiro atoms. The van der Waals surface area contributed by atoms with Gasteiger partial charge in [-0.25, -0.2) is 0 Å². The minimum atomic E-state index is 0.0543. The molecular weight excluding hydrogens is 314 g/mol. The highest BCUT2D eigenvalue weighted by atomic mass is 79.9. The standard InChI is InChI=1S/C14H17BrClNO/c1-9-3-11(7-13(16)4-9)14(18)17(2)8-10-5-12(15)6-10/h3-4,7,10,12H,5-6,8H2,1-2H3. The summed E-state index contributed by atoms with van der Waals surface area (Å²) < 4.78 is 0. The zero-order valence-electron chi connectivity index (χ0n) is 10.6. The molecule has 1 aromatic rings. The van der Waals surface area contributed by atoms with E-state index < -0.39 is 0 Å². The van der Waals surface area contributed by atoms with Crippen LogP contribution in [0.15, 0.2) is 18.2 Å². The molecule has 0 radical (unpaired) electrons. The van der Waals surface area contributed by atoms with Gasteiger partial charge in [0.05, 0.1) is 0 Å². The SMILES string of the molecule is Cc1cc(Cl)cc(C(=O)N(C)CC2CC(Br)C2)c1. The van der Waals surface area contributed by atoms with Crippen molar-refractivity contribution >= 4 is 33.4 Å². The van der Waals surface area contributed by atoms with Gasteiger partial charge in [0.25, 0.3) is 5.91 Å². The first-order valence-electron chi connectivity index (χ1n) is 6.12. The van der Waals surface area contributed by atoms with Crippen LogP contribution in [0, 0.1) is 12.8 Å². The maximum absolute atomic E-state index is 12.3. The second kappa shape index (κ2) is 5.62. The number of alkyl halides is 1. The molecule has 0 aliphatic heterocycles. The fraction of sp³-hybridized carbons (Fsp3) is 0.500. The van der Waals surface area contributed by atoms with E-state index in [1.54, 1.807) is 11.0 Å². The van der Waals surface area contributed by atoms with Crippen LogP contribution in [-0.2, 0) is 0 Å². The Kier molecular flexibility index (Phi) is 4.33. The van der Waals surface area contributed by atoms with E-state index in [1.165, 1.54) is 0 Å². The van der Waals surface area contributed by atoms with E-state index >= 15 is 0 Å². The molecule has 1 aromatic carbocycles. The summed E-state index contributed by atoms with van der Waals surface area (Å²) in [5.74, 6) is 0.683. The predicted molar refractivity (Wildman–Crippen MR) is 78.6 cm³/mol. The van der Waals surface area contributed by atoms with Crippen molar-refractivity contribution in [3.63, 3.8) is 0 Å². The van der Waals surface area contributed by atoms with E-state index in [4.69, 9.17) is 11.6 Å². The molecule has 1 fully saturated rings. The van der Waals surface area contributed by atoms with E-state index in [1.807, 2.05) is 26.1 Å². The molecule has 1 aliphatic carbocycles. The summed E-state index contributed by atoms with van der Waals surface area (Å²) in [4.78, 5) is 14.7. The Hall–Kier alpha value is -0.540. The summed E-state index contributed by atoms with van der Waals surface area (Å²) in [6, 6.07) is 5.49. The molecule has 0 bridgehead atoms. The van der Waals surface area contributed by atoms with Gasteiger partial charge in [-0.3, -0.25) is 4.79 Å². The summed E-state index contributed by atoms with van der Waals surface area (Å²) in [6.07, 6.45) is 2.32. The van der Waals surface area contributed by atoms with E-state index in [0.29, 0.717) is 21.3 Å². The highest BCUT2D eigenvalue weighted by molar-refractivity contribution is 9.09. The molecule has 0 heterocycles. The van der Waals surface area contributed by atoms with Crippen LogP contribution in [0.4, 0.5) is 0 Å². The van der Waals surface area contributed by atoms with Crippen molar-refractivity contribution in [3.05, 3.63) is 34.3 Å². The van der Waals surface area contributed by atoms with Gasteiger partial charge in [-0.05, 0) is 49.4 Å². The number of halogens is 2. The molecule has 98 valence electrons. The lowest BCUT2D eigenvalue weighted by Gasteiger charge is -2.34. The third kappa shape index (κ3) is 3.27. The molecule has 1 aliphatic rings. The molecule has 2 rings (SSSR count). The van der Waals surface area contributed by atoms with Crippen molar-refractivity contribution < 1.29 is 4.79 Å². The number of hydrogen-bond donors (Lipinski definition) is 0. The average Bonchev–Trinajstić information content (AvgIpc) is 2.24. The van der Waals surface area contributed by atoms with Crippen LogP contribution in [0.2, 0.25) is 5.02 Å². The van der Waals surface area contributed by atoms with Crippen molar-refractivity contribution in [2.24, 2.45) is 5.92 Å². The fourth-order valence-electron chi connectivity index (χ4n) is 2.35. The quantitative estimate of drug-likeness (QED) is 0.770. The van der Waals surface area contributed by atoms with Gasteiger partial charge in [-0.2, -0.15) is 0 Å². The lowest BCUT2D eigenvalue weighted by Crippen LogP contribution is -2.37. The first-order valence-corrected chi connectivity index (χ1v) is 7.42. The Morgan fingerprint density at radius 3 is 2.67 bits per heavy atom. The van der Waals surface area contributed by atoms with E-state index in [-0.39, 0.29) is 5.91 Å². The Balaban J connectivity index is 2.01. The normalized spacial score (nSPS) is 22.4. The van der Waals surface area contributed by atoms with Crippen LogP contribution in [0.1, 0.15) is 28.8 Å². The zero-order chi connectivity index (χ0) is 13.3. The first kappa shape index (κ1) is 13.9. The van der Waals surface area contributed by atoms with Crippen LogP contribution >= 0.6 is 27.5 Å². The van der Waals surface area contributed by atoms with Crippen LogP contribution in [-0.4, -0.2) is 29.2 Å². The molecule has 0 unspecified atom stereocenters. The summed E-state index contributed by atoms with van der Waals surface area (Å²) in [6.45, 7) is 2.77. The van der Waals surface area contributed by atoms with Crippen molar-refractivity contribution in [2.75, 3.05) is 13.6 Å². The Morgan fingerprint density at radius 1 is 1.44 bits per heavy atom. The van der Waals surface area contributed by atoms with Gasteiger partial charge in [-0.1, -0.05) is 27.5 Å². The molecule has 0 N–H and O–H groups in total. The third-order valence-corrected chi connectivity index (χ3v) is 4.31. The van der Waals surface area contributed by atoms with Crippen molar-refractivity contribution in [3.8, 4) is 0 Å². The lowest BCUT2D eigenvalue weighted by molar-refractivity contribution is 0.0748. The minimum absolute atomic E-state index is 0.0543. The number of rotatable bonds is 3. The zero-order valence-corrected chi connectivity index (χ0v) is 13.0. The number of carbonyl (C=O) groups excluding carboxylic acids is 1. The van der Waals surface area contributed by atoms with Gasteiger partial charge < -0.3 is 4.90 Å². The maximum atomic E-state index is 12.3. The molecule has 0 saturated heterocycles. The maximum Gasteiger partial charge on any atom is 0.253 e. The van der Waals surface area contributed by atoms with Gasteiger partial charge in [0.15, 0.2) is 0 Å². The van der Waals surface area contributed by atoms with Crippen LogP contribution in [0.3, 0.4) is 0 Å². The molecule has 0 atom stereocenters. The van der Waals surface area contributed by atoms with E-state index in [2.05, 4.69) is 15.9 Å². The third-order valence-electron chi connectivity index (χ3n) is 3.35. The molecular formula is C14H17BrClNO. The molecule has 1 saturated carbocycles. The van der Waals surface area contributed by atoms with Gasteiger partial charge in [-0.15, -0.1) is 0 Å². The topological polar surface area (TPSA) is 20.3 Å². The van der Waals surface area contributed by atoms with E-state index in [9.17, 15) is 4.79 Å². The number of hydrogen-bond acceptors (Lipinski definition) is 1. The number of benzene rings is 1. The van der Waals surface area contributed by atoms with Crippen LogP contribution in [0.5, 0.6) is 0 Å². The van der Waals surface area contributed by atoms with Crippen molar-refractivity contribution in [1.82, 2.24) is 4.90 Å². The second-order valence-electron chi connectivity index (χ2n) is 5.14. The highest BCUT2D eigenvalue weighted by Gasteiger charge is 2.29. The Bertz CT molecular complexity index is 437. The van der Waals surface area contributed by atoms with Crippen molar-refractivity contribution in [2.45, 2.75) is 24.6 Å². The fourth-order valence-corrected chi connectivity index (χ4v) is 3.70. The van der Waals surface area contributed by atoms with Crippen molar-refractivity contribution in [1.29, 1.82) is 0 Å². The number of amides is 1. The summed E-state index contributed by atoms with van der Waals surface area (Å²) >= 11 is 9.56. The van der Waals surface area contributed by atoms with Gasteiger partial charge in [0, 0.05) is 29.0 Å². The lowest BCUT2D eigenvalue weighted by atomic mass is 9.85. The van der Waals surface area contributed by atoms with Crippen LogP contribution < -0.4 is 0 Å². The highest BCUT2D eigenvalue weighted by Crippen LogP contribution is 2.33. The van der Waals surface area contributed by atoms with Gasteiger partial charge >= 0.3 is 0 Å². The molecule has 18 heavy (non-hydrogen) atoms. The average molecular weight is 331 g/mol. The van der Waals surface area contributed by atoms with Gasteiger partial charge in [0.2, 0.25) is 0 Å². The van der Waals surface area contributed by atoms with E-state index in [0.717, 1.165) is 24.9 Å². The predicted octanol–water partition coefficient (Wildman–Crippen LogP) is 3.89. The number of carbonyl (C=O) groups is 1. The number of nitrogens with zero attached hydrogens (tertiary/aromatic N) is 1. The minimum Gasteiger partial charge on any atom is -0.341 e. The second-order valence-corrected chi connectivity index (χ2v) is 6.87. The molecule has 0 aromatic heterocycles. The van der Waals surface area contributed by atoms with Gasteiger partial charge in [0.1, 0.15) is 0 Å². The summed E-state index contributed by atoms with van der Waals surface area (Å²) in [5.41, 5.74) is 1.70. The molecule has 1 amide bonds. The largest absolute Gasteiger partial charge is 0.341 e. The first-order chi connectivity index (χ1) is 8.45. The number of aryl methyl sites for hydroxylation is 1.